The van der Waals surface area contributed by atoms with Gasteiger partial charge in [-0.1, -0.05) is 6.07 Å². The lowest BCUT2D eigenvalue weighted by Crippen LogP contribution is -2.28. The fourth-order valence-corrected chi connectivity index (χ4v) is 2.74. The highest BCUT2D eigenvalue weighted by Gasteiger charge is 2.17. The zero-order valence-corrected chi connectivity index (χ0v) is 15.3. The number of nitrogens with zero attached hydrogens (tertiary/aromatic N) is 3. The number of benzene rings is 1. The number of hydrogen-bond donors (Lipinski definition) is 1. The largest absolute Gasteiger partial charge is 0.497 e. The first-order valence-electron chi connectivity index (χ1n) is 8.72. The number of halogens is 1. The Labute approximate surface area is 157 Å². The van der Waals surface area contributed by atoms with E-state index in [1.54, 1.807) is 29.1 Å². The van der Waals surface area contributed by atoms with Gasteiger partial charge in [-0.15, -0.1) is 0 Å². The van der Waals surface area contributed by atoms with Crippen molar-refractivity contribution in [3.63, 3.8) is 0 Å². The Morgan fingerprint density at radius 2 is 2.11 bits per heavy atom. The second-order valence-corrected chi connectivity index (χ2v) is 5.90. The van der Waals surface area contributed by atoms with Crippen LogP contribution in [0.4, 0.5) is 4.39 Å². The van der Waals surface area contributed by atoms with Gasteiger partial charge in [-0.2, -0.15) is 5.10 Å². The Bertz CT molecular complexity index is 925. The number of ether oxygens (including phenoxy) is 1. The average Bonchev–Trinajstić information content (AvgIpc) is 3.13. The summed E-state index contributed by atoms with van der Waals surface area (Å²) in [7, 11) is 1.48. The summed E-state index contributed by atoms with van der Waals surface area (Å²) in [6.45, 7) is 2.84. The van der Waals surface area contributed by atoms with Gasteiger partial charge in [0, 0.05) is 43.0 Å². The molecule has 0 aliphatic heterocycles. The van der Waals surface area contributed by atoms with E-state index in [1.807, 2.05) is 25.1 Å². The van der Waals surface area contributed by atoms with Crippen LogP contribution in [0.25, 0.3) is 11.3 Å². The molecule has 1 aromatic carbocycles. The summed E-state index contributed by atoms with van der Waals surface area (Å²) < 4.78 is 20.9. The maximum atomic E-state index is 14.3. The van der Waals surface area contributed by atoms with E-state index in [2.05, 4.69) is 15.4 Å². The fraction of sp³-hybridized carbons (Fsp3) is 0.250. The molecule has 0 radical (unpaired) electrons. The molecule has 3 aromatic rings. The standard InChI is InChI=1S/C20H21FN4O2/c1-3-25-19(20(26)23-11-9-14-6-4-5-10-22-14)13-18(24-25)16-8-7-15(27-2)12-17(16)21/h4-8,10,12-13H,3,9,11H2,1-2H3,(H,23,26). The summed E-state index contributed by atoms with van der Waals surface area (Å²) in [6, 6.07) is 11.8. The Kier molecular flexibility index (Phi) is 5.80. The van der Waals surface area contributed by atoms with Crippen LogP contribution in [0.5, 0.6) is 5.75 Å². The maximum absolute atomic E-state index is 14.3. The molecule has 0 aliphatic rings. The lowest BCUT2D eigenvalue weighted by atomic mass is 10.1. The molecule has 0 spiro atoms. The zero-order chi connectivity index (χ0) is 19.2. The number of aromatic nitrogens is 3. The second-order valence-electron chi connectivity index (χ2n) is 5.90. The van der Waals surface area contributed by atoms with Crippen LogP contribution >= 0.6 is 0 Å². The van der Waals surface area contributed by atoms with Crippen LogP contribution in [-0.4, -0.2) is 34.3 Å². The molecule has 0 atom stereocenters. The molecule has 0 fully saturated rings. The number of pyridine rings is 1. The third-order valence-electron chi connectivity index (χ3n) is 4.16. The predicted molar refractivity (Wildman–Crippen MR) is 100 cm³/mol. The van der Waals surface area contributed by atoms with Gasteiger partial charge < -0.3 is 10.1 Å². The summed E-state index contributed by atoms with van der Waals surface area (Å²) in [5, 5.41) is 7.23. The van der Waals surface area contributed by atoms with Gasteiger partial charge in [-0.3, -0.25) is 14.5 Å². The molecule has 0 saturated heterocycles. The maximum Gasteiger partial charge on any atom is 0.269 e. The first-order valence-corrected chi connectivity index (χ1v) is 8.72. The van der Waals surface area contributed by atoms with Crippen molar-refractivity contribution in [2.24, 2.45) is 0 Å². The first-order chi connectivity index (χ1) is 13.1. The van der Waals surface area contributed by atoms with E-state index in [9.17, 15) is 9.18 Å². The summed E-state index contributed by atoms with van der Waals surface area (Å²) in [5.41, 5.74) is 2.03. The number of rotatable bonds is 7. The highest BCUT2D eigenvalue weighted by atomic mass is 19.1. The third kappa shape index (κ3) is 4.31. The SMILES string of the molecule is CCn1nc(-c2ccc(OC)cc2F)cc1C(=O)NCCc1ccccn1. The Morgan fingerprint density at radius 3 is 2.78 bits per heavy atom. The van der Waals surface area contributed by atoms with E-state index in [1.165, 1.54) is 13.2 Å². The van der Waals surface area contributed by atoms with Crippen molar-refractivity contribution in [1.82, 2.24) is 20.1 Å². The number of nitrogens with one attached hydrogen (secondary N) is 1. The molecule has 140 valence electrons. The van der Waals surface area contributed by atoms with Crippen LogP contribution in [-0.2, 0) is 13.0 Å². The highest BCUT2D eigenvalue weighted by Crippen LogP contribution is 2.26. The smallest absolute Gasteiger partial charge is 0.269 e. The van der Waals surface area contributed by atoms with E-state index in [-0.39, 0.29) is 5.91 Å². The number of carbonyl (C=O) groups excluding carboxylic acids is 1. The van der Waals surface area contributed by atoms with Crippen LogP contribution < -0.4 is 10.1 Å². The summed E-state index contributed by atoms with van der Waals surface area (Å²) in [6.07, 6.45) is 2.35. The number of hydrogen-bond acceptors (Lipinski definition) is 4. The average molecular weight is 368 g/mol. The van der Waals surface area contributed by atoms with Gasteiger partial charge >= 0.3 is 0 Å². The lowest BCUT2D eigenvalue weighted by molar-refractivity contribution is 0.0943. The quantitative estimate of drug-likeness (QED) is 0.696. The van der Waals surface area contributed by atoms with Crippen LogP contribution in [0, 0.1) is 5.82 Å². The zero-order valence-electron chi connectivity index (χ0n) is 15.3. The number of aryl methyl sites for hydroxylation is 1. The van der Waals surface area contributed by atoms with E-state index < -0.39 is 5.82 Å². The summed E-state index contributed by atoms with van der Waals surface area (Å²) >= 11 is 0. The minimum Gasteiger partial charge on any atom is -0.497 e. The van der Waals surface area contributed by atoms with Gasteiger partial charge in [-0.25, -0.2) is 4.39 Å². The monoisotopic (exact) mass is 368 g/mol. The van der Waals surface area contributed by atoms with E-state index >= 15 is 0 Å². The highest BCUT2D eigenvalue weighted by molar-refractivity contribution is 5.93. The topological polar surface area (TPSA) is 69.0 Å². The fourth-order valence-electron chi connectivity index (χ4n) is 2.74. The van der Waals surface area contributed by atoms with Crippen LogP contribution in [0.15, 0.2) is 48.7 Å². The van der Waals surface area contributed by atoms with Gasteiger partial charge in [-0.05, 0) is 37.3 Å². The van der Waals surface area contributed by atoms with Crippen molar-refractivity contribution in [2.75, 3.05) is 13.7 Å². The molecule has 0 bridgehead atoms. The molecule has 2 heterocycles. The van der Waals surface area contributed by atoms with Gasteiger partial charge in [0.25, 0.3) is 5.91 Å². The van der Waals surface area contributed by atoms with E-state index in [0.29, 0.717) is 42.2 Å². The van der Waals surface area contributed by atoms with Crippen LogP contribution in [0.3, 0.4) is 0 Å². The van der Waals surface area contributed by atoms with E-state index in [0.717, 1.165) is 5.69 Å². The summed E-state index contributed by atoms with van der Waals surface area (Å²) in [4.78, 5) is 16.8. The van der Waals surface area contributed by atoms with Crippen molar-refractivity contribution in [2.45, 2.75) is 19.9 Å². The van der Waals surface area contributed by atoms with Crippen molar-refractivity contribution >= 4 is 5.91 Å². The van der Waals surface area contributed by atoms with Crippen molar-refractivity contribution in [1.29, 1.82) is 0 Å². The molecule has 1 amide bonds. The number of methoxy groups -OCH3 is 1. The second kappa shape index (κ2) is 8.44. The normalized spacial score (nSPS) is 10.6. The minimum atomic E-state index is -0.447. The van der Waals surface area contributed by atoms with Crippen molar-refractivity contribution < 1.29 is 13.9 Å². The molecule has 7 heteroatoms. The minimum absolute atomic E-state index is 0.250. The molecule has 6 nitrogen and oxygen atoms in total. The lowest BCUT2D eigenvalue weighted by Gasteiger charge is -2.06. The van der Waals surface area contributed by atoms with Gasteiger partial charge in [0.1, 0.15) is 17.3 Å². The van der Waals surface area contributed by atoms with Crippen molar-refractivity contribution in [3.8, 4) is 17.0 Å². The molecular weight excluding hydrogens is 347 g/mol. The van der Waals surface area contributed by atoms with Gasteiger partial charge in [0.2, 0.25) is 0 Å². The Morgan fingerprint density at radius 1 is 1.26 bits per heavy atom. The summed E-state index contributed by atoms with van der Waals surface area (Å²) in [5.74, 6) is -0.267. The van der Waals surface area contributed by atoms with Crippen LogP contribution in [0.2, 0.25) is 0 Å². The molecule has 2 aromatic heterocycles. The molecule has 3 rings (SSSR count). The molecule has 0 unspecified atom stereocenters. The molecule has 27 heavy (non-hydrogen) atoms. The van der Waals surface area contributed by atoms with Crippen LogP contribution in [0.1, 0.15) is 23.1 Å². The van der Waals surface area contributed by atoms with E-state index in [4.69, 9.17) is 4.74 Å². The molecule has 0 saturated carbocycles. The predicted octanol–water partition coefficient (Wildman–Crippen LogP) is 3.09. The number of carbonyl (C=O) groups is 1. The molecule has 0 aliphatic carbocycles. The molecular formula is C20H21FN4O2. The number of amides is 1. The first kappa shape index (κ1) is 18.6. The molecule has 1 N–H and O–H groups in total. The third-order valence-corrected chi connectivity index (χ3v) is 4.16. The van der Waals surface area contributed by atoms with Gasteiger partial charge in [0.15, 0.2) is 0 Å². The van der Waals surface area contributed by atoms with Gasteiger partial charge in [0.05, 0.1) is 12.8 Å². The van der Waals surface area contributed by atoms with Crippen molar-refractivity contribution in [3.05, 3.63) is 65.9 Å². The Hall–Kier alpha value is -3.22. The Balaban J connectivity index is 1.75.